The first-order valence-corrected chi connectivity index (χ1v) is 7.25. The summed E-state index contributed by atoms with van der Waals surface area (Å²) in [6, 6.07) is 0. The molecule has 4 atom stereocenters. The molecule has 0 spiro atoms. The molecule has 0 saturated heterocycles. The molecule has 0 amide bonds. The molecule has 0 radical (unpaired) electrons. The minimum atomic E-state index is 0.986. The van der Waals surface area contributed by atoms with Crippen molar-refractivity contribution in [3.63, 3.8) is 0 Å². The maximum Gasteiger partial charge on any atom is -0.0388 e. The van der Waals surface area contributed by atoms with Gasteiger partial charge in [-0.3, -0.25) is 0 Å². The van der Waals surface area contributed by atoms with Crippen LogP contribution in [0.25, 0.3) is 0 Å². The van der Waals surface area contributed by atoms with E-state index in [1.54, 1.807) is 12.8 Å². The summed E-state index contributed by atoms with van der Waals surface area (Å²) >= 11 is 0. The Bertz CT molecular complexity index is 184. The van der Waals surface area contributed by atoms with E-state index < -0.39 is 0 Å². The molecule has 2 fully saturated rings. The van der Waals surface area contributed by atoms with Gasteiger partial charge < -0.3 is 0 Å². The van der Waals surface area contributed by atoms with Crippen LogP contribution in [0.15, 0.2) is 0 Å². The zero-order valence-corrected chi connectivity index (χ0v) is 10.7. The third kappa shape index (κ3) is 3.23. The highest BCUT2D eigenvalue weighted by Crippen LogP contribution is 2.38. The van der Waals surface area contributed by atoms with Crippen molar-refractivity contribution >= 4 is 0 Å². The summed E-state index contributed by atoms with van der Waals surface area (Å²) < 4.78 is 0. The van der Waals surface area contributed by atoms with Crippen LogP contribution < -0.4 is 0 Å². The fourth-order valence-electron chi connectivity index (χ4n) is 3.96. The average molecular weight is 208 g/mol. The largest absolute Gasteiger partial charge is 0.0625 e. The van der Waals surface area contributed by atoms with Crippen LogP contribution in [0.3, 0.4) is 0 Å². The van der Waals surface area contributed by atoms with E-state index in [2.05, 4.69) is 13.8 Å². The first kappa shape index (κ1) is 11.5. The molecule has 0 heterocycles. The molecule has 0 aliphatic heterocycles. The summed E-state index contributed by atoms with van der Waals surface area (Å²) in [5.41, 5.74) is 0. The lowest BCUT2D eigenvalue weighted by Gasteiger charge is -2.27. The van der Waals surface area contributed by atoms with E-state index >= 15 is 0 Å². The molecule has 88 valence electrons. The standard InChI is InChI=1S/C15H28/c1-12-5-3-6-14-7-4-8-15(10-9-14)13(2)11-12/h12-15H,3-11H2,1-2H3. The van der Waals surface area contributed by atoms with Crippen molar-refractivity contribution in [2.24, 2.45) is 23.7 Å². The van der Waals surface area contributed by atoms with Gasteiger partial charge in [-0.25, -0.2) is 0 Å². The van der Waals surface area contributed by atoms with Crippen LogP contribution in [0.2, 0.25) is 0 Å². The zero-order valence-electron chi connectivity index (χ0n) is 10.7. The van der Waals surface area contributed by atoms with E-state index in [1.807, 2.05) is 0 Å². The van der Waals surface area contributed by atoms with Crippen molar-refractivity contribution in [1.82, 2.24) is 0 Å². The third-order valence-corrected chi connectivity index (χ3v) is 5.02. The normalized spacial score (nSPS) is 43.6. The molecule has 0 aromatic rings. The fraction of sp³-hybridized carbons (Fsp3) is 1.00. The molecule has 15 heavy (non-hydrogen) atoms. The van der Waals surface area contributed by atoms with Crippen molar-refractivity contribution in [2.45, 2.75) is 71.6 Å². The van der Waals surface area contributed by atoms with Gasteiger partial charge in [0.15, 0.2) is 0 Å². The molecule has 2 aliphatic rings. The summed E-state index contributed by atoms with van der Waals surface area (Å²) in [4.78, 5) is 0. The Hall–Kier alpha value is 0. The SMILES string of the molecule is CC1CCCC2CCCC(CC2)C(C)C1. The van der Waals surface area contributed by atoms with Gasteiger partial charge in [-0.2, -0.15) is 0 Å². The number of hydrogen-bond acceptors (Lipinski definition) is 0. The minimum Gasteiger partial charge on any atom is -0.0625 e. The zero-order chi connectivity index (χ0) is 10.7. The predicted molar refractivity (Wildman–Crippen MR) is 66.9 cm³/mol. The summed E-state index contributed by atoms with van der Waals surface area (Å²) in [6.45, 7) is 4.99. The highest BCUT2D eigenvalue weighted by atomic mass is 14.3. The van der Waals surface area contributed by atoms with Gasteiger partial charge >= 0.3 is 0 Å². The Morgan fingerprint density at radius 3 is 2.27 bits per heavy atom. The van der Waals surface area contributed by atoms with Crippen LogP contribution in [-0.2, 0) is 0 Å². The maximum atomic E-state index is 2.52. The number of rotatable bonds is 0. The van der Waals surface area contributed by atoms with E-state index in [0.717, 1.165) is 23.7 Å². The molecular weight excluding hydrogens is 180 g/mol. The van der Waals surface area contributed by atoms with Crippen LogP contribution in [0.4, 0.5) is 0 Å². The molecule has 0 heteroatoms. The van der Waals surface area contributed by atoms with E-state index in [-0.39, 0.29) is 0 Å². The minimum absolute atomic E-state index is 0.986. The van der Waals surface area contributed by atoms with Gasteiger partial charge in [0.05, 0.1) is 0 Å². The summed E-state index contributed by atoms with van der Waals surface area (Å²) in [6.07, 6.45) is 13.7. The lowest BCUT2D eigenvalue weighted by Crippen LogP contribution is -2.15. The lowest BCUT2D eigenvalue weighted by atomic mass is 9.79. The quantitative estimate of drug-likeness (QED) is 0.524. The molecule has 0 N–H and O–H groups in total. The Labute approximate surface area is 95.8 Å². The monoisotopic (exact) mass is 208 g/mol. The topological polar surface area (TPSA) is 0 Å². The van der Waals surface area contributed by atoms with Gasteiger partial charge in [0.25, 0.3) is 0 Å². The highest BCUT2D eigenvalue weighted by molar-refractivity contribution is 4.77. The van der Waals surface area contributed by atoms with Crippen LogP contribution >= 0.6 is 0 Å². The molecule has 0 nitrogen and oxygen atoms in total. The smallest absolute Gasteiger partial charge is 0.0388 e. The number of hydrogen-bond donors (Lipinski definition) is 0. The highest BCUT2D eigenvalue weighted by Gasteiger charge is 2.25. The van der Waals surface area contributed by atoms with Gasteiger partial charge in [-0.1, -0.05) is 58.8 Å². The van der Waals surface area contributed by atoms with Crippen molar-refractivity contribution in [3.05, 3.63) is 0 Å². The second-order valence-electron chi connectivity index (χ2n) is 6.38. The second kappa shape index (κ2) is 5.37. The van der Waals surface area contributed by atoms with E-state index in [4.69, 9.17) is 0 Å². The first-order chi connectivity index (χ1) is 7.25. The summed E-state index contributed by atoms with van der Waals surface area (Å²) in [5, 5.41) is 0. The Morgan fingerprint density at radius 1 is 0.733 bits per heavy atom. The van der Waals surface area contributed by atoms with Crippen molar-refractivity contribution in [1.29, 1.82) is 0 Å². The van der Waals surface area contributed by atoms with Crippen LogP contribution in [0, 0.1) is 23.7 Å². The van der Waals surface area contributed by atoms with Gasteiger partial charge in [0.1, 0.15) is 0 Å². The van der Waals surface area contributed by atoms with Crippen molar-refractivity contribution < 1.29 is 0 Å². The van der Waals surface area contributed by atoms with E-state index in [9.17, 15) is 0 Å². The van der Waals surface area contributed by atoms with Crippen LogP contribution in [0.1, 0.15) is 71.6 Å². The maximum absolute atomic E-state index is 2.52. The summed E-state index contributed by atoms with van der Waals surface area (Å²) in [7, 11) is 0. The second-order valence-corrected chi connectivity index (χ2v) is 6.38. The van der Waals surface area contributed by atoms with Crippen LogP contribution in [0.5, 0.6) is 0 Å². The fourth-order valence-corrected chi connectivity index (χ4v) is 3.96. The van der Waals surface area contributed by atoms with Crippen molar-refractivity contribution in [2.75, 3.05) is 0 Å². The molecule has 0 aromatic heterocycles. The molecule has 2 rings (SSSR count). The van der Waals surface area contributed by atoms with E-state index in [0.29, 0.717) is 0 Å². The van der Waals surface area contributed by atoms with Gasteiger partial charge in [0.2, 0.25) is 0 Å². The molecule has 2 bridgehead atoms. The Morgan fingerprint density at radius 2 is 1.47 bits per heavy atom. The van der Waals surface area contributed by atoms with E-state index in [1.165, 1.54) is 44.9 Å². The molecule has 2 aliphatic carbocycles. The predicted octanol–water partition coefficient (Wildman–Crippen LogP) is 5.03. The summed E-state index contributed by atoms with van der Waals surface area (Å²) in [5.74, 6) is 4.14. The number of fused-ring (bicyclic) bond motifs is 3. The third-order valence-electron chi connectivity index (χ3n) is 5.02. The molecule has 0 aromatic carbocycles. The van der Waals surface area contributed by atoms with Gasteiger partial charge in [-0.05, 0) is 36.5 Å². The Kier molecular flexibility index (Phi) is 4.11. The van der Waals surface area contributed by atoms with Gasteiger partial charge in [0, 0.05) is 0 Å². The van der Waals surface area contributed by atoms with Crippen LogP contribution in [-0.4, -0.2) is 0 Å². The molecule has 2 saturated carbocycles. The first-order valence-electron chi connectivity index (χ1n) is 7.25. The van der Waals surface area contributed by atoms with Crippen molar-refractivity contribution in [3.8, 4) is 0 Å². The molecular formula is C15H28. The Balaban J connectivity index is 2.00. The molecule has 4 unspecified atom stereocenters. The van der Waals surface area contributed by atoms with Gasteiger partial charge in [-0.15, -0.1) is 0 Å². The average Bonchev–Trinajstić information content (AvgIpc) is 2.43. The lowest BCUT2D eigenvalue weighted by molar-refractivity contribution is 0.246.